The molecule has 1 N–H and O–H groups in total. The average Bonchev–Trinajstić information content (AvgIpc) is 2.32. The second kappa shape index (κ2) is 3.96. The van der Waals surface area contributed by atoms with Gasteiger partial charge in [0, 0.05) is 18.8 Å². The monoisotopic (exact) mass is 205 g/mol. The number of nitrogens with one attached hydrogen (secondary N) is 1. The maximum Gasteiger partial charge on any atom is 0.151 e. The molecule has 1 saturated heterocycles. The van der Waals surface area contributed by atoms with Crippen LogP contribution in [0, 0.1) is 5.92 Å². The molecule has 3 nitrogen and oxygen atoms in total. The Kier molecular flexibility index (Phi) is 3.35. The third-order valence-corrected chi connectivity index (χ3v) is 4.11. The quantitative estimate of drug-likeness (QED) is 0.741. The number of rotatable bonds is 3. The maximum absolute atomic E-state index is 11.2. The third kappa shape index (κ3) is 3.27. The van der Waals surface area contributed by atoms with E-state index in [0.717, 1.165) is 12.8 Å². The van der Waals surface area contributed by atoms with Crippen molar-refractivity contribution in [3.63, 3.8) is 0 Å². The summed E-state index contributed by atoms with van der Waals surface area (Å²) in [5.41, 5.74) is 0. The van der Waals surface area contributed by atoms with Gasteiger partial charge in [0.15, 0.2) is 9.84 Å². The Balaban J connectivity index is 2.46. The minimum atomic E-state index is -2.83. The molecule has 1 aliphatic heterocycles. The number of sulfone groups is 1. The van der Waals surface area contributed by atoms with Crippen molar-refractivity contribution in [3.05, 3.63) is 0 Å². The Morgan fingerprint density at radius 3 is 2.46 bits per heavy atom. The van der Waals surface area contributed by atoms with Crippen molar-refractivity contribution < 1.29 is 8.42 Å². The van der Waals surface area contributed by atoms with Gasteiger partial charge in [0.2, 0.25) is 0 Å². The van der Waals surface area contributed by atoms with Gasteiger partial charge < -0.3 is 5.32 Å². The van der Waals surface area contributed by atoms with Gasteiger partial charge in [-0.1, -0.05) is 13.8 Å². The molecule has 0 aromatic heterocycles. The summed E-state index contributed by atoms with van der Waals surface area (Å²) in [6, 6.07) is 0.403. The molecule has 0 radical (unpaired) electrons. The Morgan fingerprint density at radius 1 is 1.46 bits per heavy atom. The molecular weight excluding hydrogens is 186 g/mol. The summed E-state index contributed by atoms with van der Waals surface area (Å²) in [6.45, 7) is 4.96. The zero-order valence-electron chi connectivity index (χ0n) is 8.58. The van der Waals surface area contributed by atoms with Crippen molar-refractivity contribution in [2.24, 2.45) is 5.92 Å². The van der Waals surface area contributed by atoms with Crippen LogP contribution in [-0.4, -0.2) is 32.5 Å². The molecule has 1 heterocycles. The van der Waals surface area contributed by atoms with E-state index in [1.54, 1.807) is 0 Å². The zero-order valence-corrected chi connectivity index (χ0v) is 9.39. The Bertz CT molecular complexity index is 259. The third-order valence-electron chi connectivity index (χ3n) is 2.54. The SMILES string of the molecule is CC(C)C[C@@H]1C[C@@H](S(C)(=O)=O)CN1. The van der Waals surface area contributed by atoms with E-state index in [1.165, 1.54) is 6.26 Å². The van der Waals surface area contributed by atoms with Crippen LogP contribution in [-0.2, 0) is 9.84 Å². The van der Waals surface area contributed by atoms with Gasteiger partial charge in [0.05, 0.1) is 5.25 Å². The molecule has 0 aromatic rings. The standard InChI is InChI=1S/C9H19NO2S/c1-7(2)4-8-5-9(6-10-8)13(3,11)12/h7-10H,4-6H2,1-3H3/t8-,9-/m1/s1. The van der Waals surface area contributed by atoms with Crippen LogP contribution >= 0.6 is 0 Å². The lowest BCUT2D eigenvalue weighted by molar-refractivity contribution is 0.463. The summed E-state index contributed by atoms with van der Waals surface area (Å²) in [5, 5.41) is 3.11. The molecule has 13 heavy (non-hydrogen) atoms. The van der Waals surface area contributed by atoms with Crippen LogP contribution in [0.15, 0.2) is 0 Å². The van der Waals surface area contributed by atoms with E-state index < -0.39 is 9.84 Å². The van der Waals surface area contributed by atoms with Gasteiger partial charge in [0.1, 0.15) is 0 Å². The highest BCUT2D eigenvalue weighted by atomic mass is 32.2. The maximum atomic E-state index is 11.2. The molecule has 78 valence electrons. The number of hydrogen-bond donors (Lipinski definition) is 1. The molecular formula is C9H19NO2S. The van der Waals surface area contributed by atoms with E-state index in [1.807, 2.05) is 0 Å². The van der Waals surface area contributed by atoms with Crippen LogP contribution < -0.4 is 5.32 Å². The predicted octanol–water partition coefficient (Wildman–Crippen LogP) is 0.808. The highest BCUT2D eigenvalue weighted by molar-refractivity contribution is 7.91. The Hall–Kier alpha value is -0.0900. The highest BCUT2D eigenvalue weighted by Gasteiger charge is 2.30. The summed E-state index contributed by atoms with van der Waals surface area (Å²) in [6.07, 6.45) is 3.19. The van der Waals surface area contributed by atoms with Gasteiger partial charge in [-0.3, -0.25) is 0 Å². The molecule has 0 saturated carbocycles. The first-order valence-electron chi connectivity index (χ1n) is 4.82. The largest absolute Gasteiger partial charge is 0.313 e. The molecule has 0 amide bonds. The lowest BCUT2D eigenvalue weighted by Gasteiger charge is -2.12. The molecule has 0 spiro atoms. The highest BCUT2D eigenvalue weighted by Crippen LogP contribution is 2.19. The van der Waals surface area contributed by atoms with Gasteiger partial charge in [-0.25, -0.2) is 8.42 Å². The Labute approximate surface area is 80.8 Å². The summed E-state index contributed by atoms with van der Waals surface area (Å²) >= 11 is 0. The smallest absolute Gasteiger partial charge is 0.151 e. The minimum Gasteiger partial charge on any atom is -0.313 e. The molecule has 0 bridgehead atoms. The van der Waals surface area contributed by atoms with Crippen molar-refractivity contribution in [2.45, 2.75) is 38.0 Å². The molecule has 0 unspecified atom stereocenters. The predicted molar refractivity (Wildman–Crippen MR) is 54.5 cm³/mol. The van der Waals surface area contributed by atoms with Crippen LogP contribution in [0.5, 0.6) is 0 Å². The summed E-state index contributed by atoms with van der Waals surface area (Å²) in [5.74, 6) is 0.635. The fraction of sp³-hybridized carbons (Fsp3) is 1.00. The van der Waals surface area contributed by atoms with E-state index >= 15 is 0 Å². The summed E-state index contributed by atoms with van der Waals surface area (Å²) in [4.78, 5) is 0. The summed E-state index contributed by atoms with van der Waals surface area (Å²) < 4.78 is 22.4. The van der Waals surface area contributed by atoms with Crippen LogP contribution in [0.4, 0.5) is 0 Å². The van der Waals surface area contributed by atoms with Crippen molar-refractivity contribution >= 4 is 9.84 Å². The average molecular weight is 205 g/mol. The van der Waals surface area contributed by atoms with Crippen molar-refractivity contribution in [1.82, 2.24) is 5.32 Å². The lowest BCUT2D eigenvalue weighted by Crippen LogP contribution is -2.24. The number of hydrogen-bond acceptors (Lipinski definition) is 3. The van der Waals surface area contributed by atoms with Crippen LogP contribution in [0.3, 0.4) is 0 Å². The van der Waals surface area contributed by atoms with Crippen molar-refractivity contribution in [1.29, 1.82) is 0 Å². The fourth-order valence-electron chi connectivity index (χ4n) is 1.86. The topological polar surface area (TPSA) is 46.2 Å². The van der Waals surface area contributed by atoms with Gasteiger partial charge in [0.25, 0.3) is 0 Å². The first-order chi connectivity index (χ1) is 5.89. The van der Waals surface area contributed by atoms with E-state index in [2.05, 4.69) is 19.2 Å². The second-order valence-corrected chi connectivity index (χ2v) is 6.75. The molecule has 1 fully saturated rings. The first kappa shape index (κ1) is 11.0. The lowest BCUT2D eigenvalue weighted by atomic mass is 10.0. The molecule has 4 heteroatoms. The minimum absolute atomic E-state index is 0.156. The molecule has 0 aromatic carbocycles. The van der Waals surface area contributed by atoms with Crippen LogP contribution in [0.2, 0.25) is 0 Å². The van der Waals surface area contributed by atoms with E-state index in [-0.39, 0.29) is 5.25 Å². The second-order valence-electron chi connectivity index (χ2n) is 4.42. The van der Waals surface area contributed by atoms with E-state index in [9.17, 15) is 8.42 Å². The van der Waals surface area contributed by atoms with Gasteiger partial charge >= 0.3 is 0 Å². The van der Waals surface area contributed by atoms with Gasteiger partial charge in [-0.15, -0.1) is 0 Å². The normalized spacial score (nSPS) is 29.8. The Morgan fingerprint density at radius 2 is 2.08 bits per heavy atom. The fourth-order valence-corrected chi connectivity index (χ4v) is 2.84. The molecule has 1 rings (SSSR count). The molecule has 2 atom stereocenters. The van der Waals surface area contributed by atoms with Crippen LogP contribution in [0.25, 0.3) is 0 Å². The zero-order chi connectivity index (χ0) is 10.1. The summed E-state index contributed by atoms with van der Waals surface area (Å²) in [7, 11) is -2.83. The van der Waals surface area contributed by atoms with Crippen molar-refractivity contribution in [2.75, 3.05) is 12.8 Å². The molecule has 0 aliphatic carbocycles. The molecule has 1 aliphatic rings. The first-order valence-corrected chi connectivity index (χ1v) is 6.77. The van der Waals surface area contributed by atoms with E-state index in [0.29, 0.717) is 18.5 Å². The van der Waals surface area contributed by atoms with Crippen LogP contribution in [0.1, 0.15) is 26.7 Å². The van der Waals surface area contributed by atoms with Gasteiger partial charge in [-0.2, -0.15) is 0 Å². The van der Waals surface area contributed by atoms with E-state index in [4.69, 9.17) is 0 Å². The van der Waals surface area contributed by atoms with Crippen molar-refractivity contribution in [3.8, 4) is 0 Å². The van der Waals surface area contributed by atoms with Gasteiger partial charge in [-0.05, 0) is 18.8 Å².